The highest BCUT2D eigenvalue weighted by Gasteiger charge is 2.74. The maximum atomic E-state index is 12.5. The zero-order valence-electron chi connectivity index (χ0n) is 39.7. The third-order valence-corrected chi connectivity index (χ3v) is 19.1. The molecule has 0 unspecified atom stereocenters. The Morgan fingerprint density at radius 3 is 1.95 bits per heavy atom. The minimum absolute atomic E-state index is 0.00604. The minimum atomic E-state index is -1.82. The van der Waals surface area contributed by atoms with E-state index >= 15 is 0 Å². The van der Waals surface area contributed by atoms with Crippen LogP contribution in [-0.2, 0) is 33.2 Å². The second-order valence-corrected chi connectivity index (χ2v) is 23.6. The molecule has 19 nitrogen and oxygen atoms in total. The molecule has 4 saturated heterocycles. The van der Waals surface area contributed by atoms with E-state index in [2.05, 4.69) is 27.7 Å². The Kier molecular flexibility index (Phi) is 14.1. The molecule has 0 bridgehead atoms. The summed E-state index contributed by atoms with van der Waals surface area (Å²) in [5.74, 6) is -0.566. The SMILES string of the molecule is CC(C)(O)[C@@H]1CC[C@@](C)([C@H]2CC[C@@]3(C)[C@@H]2[C@@H](O)C[C@H]2[C@]4(C)CC[C@@H](O)C(C)(C)[C@@H]4[C@@H](O[C@@H]4O[C@@H](CO[C@H]5O[C@@H](CO)[C@@H](O)[C@H](O)[C@H]5O)[C@H](O)[C@@H](O)[C@@H]4O[C@@H]4OC[C@H](O)[C@H](O)[C@@H]4O)C[C@]23C)O1. The van der Waals surface area contributed by atoms with Gasteiger partial charge in [0.1, 0.15) is 67.1 Å². The Balaban J connectivity index is 1.14. The third-order valence-electron chi connectivity index (χ3n) is 19.1. The lowest BCUT2D eigenvalue weighted by Crippen LogP contribution is -2.71. The van der Waals surface area contributed by atoms with Crippen molar-refractivity contribution in [3.05, 3.63) is 0 Å². The van der Waals surface area contributed by atoms with Crippen LogP contribution in [0.15, 0.2) is 0 Å². The van der Waals surface area contributed by atoms with Crippen LogP contribution in [0.1, 0.15) is 107 Å². The summed E-state index contributed by atoms with van der Waals surface area (Å²) in [4.78, 5) is 0. The van der Waals surface area contributed by atoms with E-state index in [0.717, 1.165) is 19.3 Å². The van der Waals surface area contributed by atoms with Crippen LogP contribution in [0.3, 0.4) is 0 Å². The van der Waals surface area contributed by atoms with Crippen LogP contribution in [-0.4, -0.2) is 203 Å². The molecule has 382 valence electrons. The van der Waals surface area contributed by atoms with Gasteiger partial charge in [-0.05, 0) is 117 Å². The predicted octanol–water partition coefficient (Wildman–Crippen LogP) is -1.21. The maximum Gasteiger partial charge on any atom is 0.187 e. The van der Waals surface area contributed by atoms with Gasteiger partial charge in [-0.1, -0.05) is 34.6 Å². The number of rotatable bonds is 10. The van der Waals surface area contributed by atoms with Crippen LogP contribution in [0.4, 0.5) is 0 Å². The molecule has 0 radical (unpaired) electrons. The zero-order chi connectivity index (χ0) is 48.4. The molecule has 4 heterocycles. The van der Waals surface area contributed by atoms with Crippen LogP contribution in [0.5, 0.6) is 0 Å². The number of aliphatic hydroxyl groups excluding tert-OH is 11. The predicted molar refractivity (Wildman–Crippen MR) is 228 cm³/mol. The lowest BCUT2D eigenvalue weighted by molar-refractivity contribution is -0.381. The van der Waals surface area contributed by atoms with E-state index in [-0.39, 0.29) is 29.8 Å². The minimum Gasteiger partial charge on any atom is -0.394 e. The summed E-state index contributed by atoms with van der Waals surface area (Å²) in [6.07, 6.45) is -20.0. The fraction of sp³-hybridized carbons (Fsp3) is 1.00. The number of aliphatic hydroxyl groups is 12. The van der Waals surface area contributed by atoms with E-state index in [0.29, 0.717) is 32.1 Å². The summed E-state index contributed by atoms with van der Waals surface area (Å²) >= 11 is 0. The van der Waals surface area contributed by atoms with E-state index in [9.17, 15) is 61.3 Å². The Labute approximate surface area is 387 Å². The second kappa shape index (κ2) is 18.1. The summed E-state index contributed by atoms with van der Waals surface area (Å²) in [5.41, 5.74) is -3.84. The van der Waals surface area contributed by atoms with Gasteiger partial charge in [-0.25, -0.2) is 0 Å². The fourth-order valence-corrected chi connectivity index (χ4v) is 15.2. The van der Waals surface area contributed by atoms with Gasteiger partial charge >= 0.3 is 0 Å². The normalized spacial score (nSPS) is 56.4. The molecule has 0 amide bonds. The standard InChI is InChI=1S/C47H80O19/c1-42(2)27(51)10-12-44(5)26-15-21(49)29-20(47(8)14-11-28(66-47)43(3,4)59)9-13-45(29,6)46(26,7)16-23(38(42)44)62-41-37(65-40-35(57)30(52)22(50)18-60-40)34(56)32(54)25(64-41)19-61-39-36(58)33(55)31(53)24(17-48)63-39/h20-41,48-59H,9-19H2,1-8H3/t20-,21-,22-,23-,24-,25-,26-,27+,28-,29-,30-,31+,32-,33-,34+,35-,36+,37-,38-,39-,40-,41+,44-,45-,46+,47-/m0/s1. The number of hydrogen-bond acceptors (Lipinski definition) is 19. The van der Waals surface area contributed by atoms with E-state index in [4.69, 9.17) is 33.2 Å². The molecule has 8 fully saturated rings. The molecule has 0 aromatic rings. The molecular formula is C47H80O19. The second-order valence-electron chi connectivity index (χ2n) is 23.6. The summed E-state index contributed by atoms with van der Waals surface area (Å²) < 4.78 is 43.6. The van der Waals surface area contributed by atoms with Crippen LogP contribution in [0.2, 0.25) is 0 Å². The van der Waals surface area contributed by atoms with Crippen LogP contribution in [0.25, 0.3) is 0 Å². The van der Waals surface area contributed by atoms with E-state index in [1.807, 2.05) is 13.8 Å². The molecule has 4 aliphatic heterocycles. The molecule has 4 saturated carbocycles. The molecule has 66 heavy (non-hydrogen) atoms. The van der Waals surface area contributed by atoms with Crippen molar-refractivity contribution < 1.29 is 94.4 Å². The Morgan fingerprint density at radius 2 is 1.30 bits per heavy atom. The largest absolute Gasteiger partial charge is 0.394 e. The van der Waals surface area contributed by atoms with Crippen molar-refractivity contribution >= 4 is 0 Å². The third kappa shape index (κ3) is 8.26. The molecule has 8 aliphatic rings. The maximum absolute atomic E-state index is 12.5. The van der Waals surface area contributed by atoms with Gasteiger partial charge in [0.2, 0.25) is 0 Å². The van der Waals surface area contributed by atoms with Gasteiger partial charge in [0, 0.05) is 0 Å². The van der Waals surface area contributed by atoms with E-state index in [1.165, 1.54) is 0 Å². The van der Waals surface area contributed by atoms with Crippen molar-refractivity contribution in [2.75, 3.05) is 19.8 Å². The highest BCUT2D eigenvalue weighted by Crippen LogP contribution is 2.76. The zero-order valence-corrected chi connectivity index (χ0v) is 39.7. The number of hydrogen-bond donors (Lipinski definition) is 12. The van der Waals surface area contributed by atoms with Gasteiger partial charge in [0.05, 0.1) is 55.4 Å². The van der Waals surface area contributed by atoms with Crippen molar-refractivity contribution in [1.29, 1.82) is 0 Å². The average molecular weight is 949 g/mol. The summed E-state index contributed by atoms with van der Waals surface area (Å²) in [5, 5.41) is 132. The average Bonchev–Trinajstić information content (AvgIpc) is 3.85. The summed E-state index contributed by atoms with van der Waals surface area (Å²) in [6, 6.07) is 0. The van der Waals surface area contributed by atoms with E-state index < -0.39 is 157 Å². The molecule has 0 spiro atoms. The Morgan fingerprint density at radius 1 is 0.652 bits per heavy atom. The van der Waals surface area contributed by atoms with Crippen LogP contribution >= 0.6 is 0 Å². The van der Waals surface area contributed by atoms with Gasteiger partial charge < -0.3 is 94.4 Å². The first-order valence-electron chi connectivity index (χ1n) is 24.3. The topological polar surface area (TPSA) is 307 Å². The van der Waals surface area contributed by atoms with Crippen molar-refractivity contribution in [3.8, 4) is 0 Å². The van der Waals surface area contributed by atoms with Crippen molar-refractivity contribution in [1.82, 2.24) is 0 Å². The number of fused-ring (bicyclic) bond motifs is 5. The lowest BCUT2D eigenvalue weighted by atomic mass is 9.34. The molecule has 4 aliphatic carbocycles. The molecule has 26 atom stereocenters. The molecule has 12 N–H and O–H groups in total. The first-order chi connectivity index (χ1) is 30.6. The summed E-state index contributed by atoms with van der Waals surface area (Å²) in [6.45, 7) is 14.8. The highest BCUT2D eigenvalue weighted by molar-refractivity contribution is 5.22. The van der Waals surface area contributed by atoms with Crippen molar-refractivity contribution in [3.63, 3.8) is 0 Å². The molecule has 0 aromatic carbocycles. The van der Waals surface area contributed by atoms with E-state index in [1.54, 1.807) is 13.8 Å². The molecular weight excluding hydrogens is 868 g/mol. The highest BCUT2D eigenvalue weighted by atomic mass is 16.8. The van der Waals surface area contributed by atoms with Gasteiger partial charge in [0.15, 0.2) is 18.9 Å². The Bertz CT molecular complexity index is 1700. The van der Waals surface area contributed by atoms with Crippen LogP contribution < -0.4 is 0 Å². The molecule has 19 heteroatoms. The Hall–Kier alpha value is -0.760. The molecule has 8 rings (SSSR count). The fourth-order valence-electron chi connectivity index (χ4n) is 15.2. The first kappa shape index (κ1) is 51.6. The van der Waals surface area contributed by atoms with Gasteiger partial charge in [0.25, 0.3) is 0 Å². The lowest BCUT2D eigenvalue weighted by Gasteiger charge is -2.72. The number of ether oxygens (including phenoxy) is 7. The summed E-state index contributed by atoms with van der Waals surface area (Å²) in [7, 11) is 0. The quantitative estimate of drug-likeness (QED) is 0.114. The van der Waals surface area contributed by atoms with Crippen LogP contribution in [0, 0.1) is 45.3 Å². The first-order valence-corrected chi connectivity index (χ1v) is 24.3. The van der Waals surface area contributed by atoms with Crippen molar-refractivity contribution in [2.24, 2.45) is 45.3 Å². The van der Waals surface area contributed by atoms with Gasteiger partial charge in [-0.2, -0.15) is 0 Å². The molecule has 0 aromatic heterocycles. The monoisotopic (exact) mass is 949 g/mol. The van der Waals surface area contributed by atoms with Crippen molar-refractivity contribution in [2.45, 2.75) is 228 Å². The van der Waals surface area contributed by atoms with Gasteiger partial charge in [-0.15, -0.1) is 0 Å². The smallest absolute Gasteiger partial charge is 0.187 e. The van der Waals surface area contributed by atoms with Gasteiger partial charge in [-0.3, -0.25) is 0 Å².